The molecule has 11 heteroatoms. The molecule has 1 unspecified atom stereocenters. The number of amides is 5. The second-order valence-electron chi connectivity index (χ2n) is 13.4. The molecule has 3 fully saturated rings. The molecule has 0 aromatic rings. The molecule has 0 spiro atoms. The summed E-state index contributed by atoms with van der Waals surface area (Å²) in [4.78, 5) is 78.8. The lowest BCUT2D eigenvalue weighted by Crippen LogP contribution is -2.61. The van der Waals surface area contributed by atoms with Crippen LogP contribution in [0, 0.1) is 29.1 Å². The Bertz CT molecular complexity index is 1010. The van der Waals surface area contributed by atoms with Gasteiger partial charge < -0.3 is 26.6 Å². The number of carbonyl (C=O) groups is 6. The number of ketones is 2. The number of Topliss-reactive ketones (excluding diaryl/α,β-unsaturated/α-hetero) is 2. The van der Waals surface area contributed by atoms with Gasteiger partial charge >= 0.3 is 6.03 Å². The first kappa shape index (κ1) is 31.5. The number of hydrogen-bond acceptors (Lipinski definition) is 6. The van der Waals surface area contributed by atoms with Crippen molar-refractivity contribution in [3.05, 3.63) is 0 Å². The summed E-state index contributed by atoms with van der Waals surface area (Å²) >= 11 is 0. The van der Waals surface area contributed by atoms with Gasteiger partial charge in [-0.2, -0.15) is 0 Å². The van der Waals surface area contributed by atoms with Gasteiger partial charge in [-0.1, -0.05) is 60.8 Å². The largest absolute Gasteiger partial charge is 0.363 e. The maximum Gasteiger partial charge on any atom is 0.316 e. The predicted octanol–water partition coefficient (Wildman–Crippen LogP) is 1.67. The molecule has 2 aliphatic carbocycles. The highest BCUT2D eigenvalue weighted by molar-refractivity contribution is 6.37. The molecule has 3 rings (SSSR count). The van der Waals surface area contributed by atoms with E-state index in [4.69, 9.17) is 5.73 Å². The van der Waals surface area contributed by atoms with E-state index in [0.717, 1.165) is 32.1 Å². The molecular weight excluding hydrogens is 514 g/mol. The van der Waals surface area contributed by atoms with Crippen LogP contribution in [0.3, 0.4) is 0 Å². The maximum absolute atomic E-state index is 13.9. The van der Waals surface area contributed by atoms with E-state index in [1.807, 2.05) is 41.5 Å². The molecule has 11 nitrogen and oxygen atoms in total. The third-order valence-electron chi connectivity index (χ3n) is 8.55. The van der Waals surface area contributed by atoms with E-state index in [2.05, 4.69) is 16.0 Å². The highest BCUT2D eigenvalue weighted by Crippen LogP contribution is 2.33. The number of nitrogens with two attached hydrogens (primary N) is 1. The summed E-state index contributed by atoms with van der Waals surface area (Å²) in [6.07, 6.45) is 5.46. The average molecular weight is 562 g/mol. The quantitative estimate of drug-likeness (QED) is 0.264. The first-order valence-corrected chi connectivity index (χ1v) is 14.7. The Kier molecular flexibility index (Phi) is 10.0. The topological polar surface area (TPSA) is 168 Å². The molecule has 0 aromatic heterocycles. The first-order valence-electron chi connectivity index (χ1n) is 14.7. The molecule has 1 saturated heterocycles. The summed E-state index contributed by atoms with van der Waals surface area (Å²) in [6.45, 7) is 11.4. The van der Waals surface area contributed by atoms with Crippen LogP contribution in [0.5, 0.6) is 0 Å². The third-order valence-corrected chi connectivity index (χ3v) is 8.55. The van der Waals surface area contributed by atoms with Gasteiger partial charge in [0, 0.05) is 12.5 Å². The molecule has 1 aliphatic heterocycles. The van der Waals surface area contributed by atoms with Gasteiger partial charge in [-0.15, -0.1) is 0 Å². The number of rotatable bonds is 12. The van der Waals surface area contributed by atoms with Crippen molar-refractivity contribution in [3.63, 3.8) is 0 Å². The molecule has 0 bridgehead atoms. The Labute approximate surface area is 237 Å². The monoisotopic (exact) mass is 561 g/mol. The fraction of sp³-hybridized carbons (Fsp3) is 0.793. The predicted molar refractivity (Wildman–Crippen MR) is 149 cm³/mol. The Hall–Kier alpha value is -2.98. The van der Waals surface area contributed by atoms with E-state index in [1.165, 1.54) is 4.90 Å². The van der Waals surface area contributed by atoms with Gasteiger partial charge in [0.1, 0.15) is 12.1 Å². The molecule has 5 atom stereocenters. The summed E-state index contributed by atoms with van der Waals surface area (Å²) < 4.78 is 0. The molecular formula is C29H47N5O6. The van der Waals surface area contributed by atoms with Gasteiger partial charge in [0.15, 0.2) is 5.78 Å². The van der Waals surface area contributed by atoms with E-state index in [1.54, 1.807) is 0 Å². The molecule has 5 amide bonds. The Balaban J connectivity index is 1.74. The molecule has 5 N–H and O–H groups in total. The Morgan fingerprint density at radius 2 is 1.55 bits per heavy atom. The lowest BCUT2D eigenvalue weighted by Gasteiger charge is -2.37. The smallest absolute Gasteiger partial charge is 0.316 e. The molecule has 3 aliphatic rings. The second kappa shape index (κ2) is 12.7. The highest BCUT2D eigenvalue weighted by atomic mass is 16.2. The summed E-state index contributed by atoms with van der Waals surface area (Å²) in [5.41, 5.74) is 4.55. The average Bonchev–Trinajstić information content (AvgIpc) is 3.61. The van der Waals surface area contributed by atoms with Crippen LogP contribution in [0.1, 0.15) is 86.5 Å². The molecule has 40 heavy (non-hydrogen) atoms. The van der Waals surface area contributed by atoms with Gasteiger partial charge in [-0.3, -0.25) is 24.0 Å². The minimum absolute atomic E-state index is 0.0100. The lowest BCUT2D eigenvalue weighted by atomic mass is 9.80. The Morgan fingerprint density at radius 3 is 2.02 bits per heavy atom. The number of carbonyl (C=O) groups excluding carboxylic acids is 6. The number of primary amides is 1. The zero-order valence-corrected chi connectivity index (χ0v) is 24.7. The summed E-state index contributed by atoms with van der Waals surface area (Å²) in [5, 5.41) is 8.28. The van der Waals surface area contributed by atoms with Gasteiger partial charge in [-0.25, -0.2) is 4.79 Å². The standard InChI is InChI=1S/C29H47N5O6/c1-15(2)20(22(35)18-10-11-18)32-28(40)33-24(29(4,5)6)27(39)34-13-12-16(3)21(34)26(38)31-19(23(36)25(30)37)14-17-8-7-9-17/h15-21,24H,7-14H2,1-6H3,(H2,30,37)(H,31,38)(H2,32,33,40)/t16-,19?,20-,21-,24+/m0/s1. The number of hydrogen-bond donors (Lipinski definition) is 4. The van der Waals surface area contributed by atoms with Crippen molar-refractivity contribution in [3.8, 4) is 0 Å². The van der Waals surface area contributed by atoms with Crippen molar-refractivity contribution in [1.29, 1.82) is 0 Å². The van der Waals surface area contributed by atoms with Gasteiger partial charge in [-0.05, 0) is 48.9 Å². The third kappa shape index (κ3) is 7.60. The van der Waals surface area contributed by atoms with Gasteiger partial charge in [0.05, 0.1) is 12.1 Å². The number of nitrogens with zero attached hydrogens (tertiary/aromatic N) is 1. The van der Waals surface area contributed by atoms with Crippen LogP contribution in [-0.4, -0.2) is 70.9 Å². The zero-order chi connectivity index (χ0) is 29.9. The van der Waals surface area contributed by atoms with E-state index in [9.17, 15) is 28.8 Å². The lowest BCUT2D eigenvalue weighted by molar-refractivity contribution is -0.144. The van der Waals surface area contributed by atoms with Crippen molar-refractivity contribution in [1.82, 2.24) is 20.9 Å². The normalized spacial score (nSPS) is 23.5. The summed E-state index contributed by atoms with van der Waals surface area (Å²) in [5.74, 6) is -2.94. The molecule has 1 heterocycles. The Morgan fingerprint density at radius 1 is 0.925 bits per heavy atom. The highest BCUT2D eigenvalue weighted by Gasteiger charge is 2.46. The molecule has 224 valence electrons. The second-order valence-corrected chi connectivity index (χ2v) is 13.4. The minimum Gasteiger partial charge on any atom is -0.363 e. The van der Waals surface area contributed by atoms with E-state index in [0.29, 0.717) is 19.4 Å². The SMILES string of the molecule is CC(C)[C@H](NC(=O)N[C@H](C(=O)N1CC[C@H](C)[C@H]1C(=O)NC(CC1CCC1)C(=O)C(N)=O)C(C)(C)C)C(=O)C1CC1. The fourth-order valence-electron chi connectivity index (χ4n) is 5.63. The maximum atomic E-state index is 13.9. The van der Waals surface area contributed by atoms with E-state index in [-0.39, 0.29) is 29.5 Å². The van der Waals surface area contributed by atoms with Crippen LogP contribution in [0.4, 0.5) is 4.79 Å². The van der Waals surface area contributed by atoms with Crippen molar-refractivity contribution < 1.29 is 28.8 Å². The summed E-state index contributed by atoms with van der Waals surface area (Å²) in [7, 11) is 0. The zero-order valence-electron chi connectivity index (χ0n) is 24.7. The number of urea groups is 1. The van der Waals surface area contributed by atoms with E-state index < -0.39 is 59.1 Å². The minimum atomic E-state index is -1.10. The van der Waals surface area contributed by atoms with Crippen LogP contribution in [-0.2, 0) is 24.0 Å². The van der Waals surface area contributed by atoms with Crippen molar-refractivity contribution >= 4 is 35.3 Å². The van der Waals surface area contributed by atoms with Gasteiger partial charge in [0.25, 0.3) is 5.91 Å². The first-order chi connectivity index (χ1) is 18.6. The fourth-order valence-corrected chi connectivity index (χ4v) is 5.63. The molecule has 0 aromatic carbocycles. The van der Waals surface area contributed by atoms with Crippen molar-refractivity contribution in [2.24, 2.45) is 34.8 Å². The van der Waals surface area contributed by atoms with Gasteiger partial charge in [0.2, 0.25) is 17.6 Å². The van der Waals surface area contributed by atoms with Crippen LogP contribution < -0.4 is 21.7 Å². The van der Waals surface area contributed by atoms with Crippen molar-refractivity contribution in [2.45, 2.75) is 111 Å². The van der Waals surface area contributed by atoms with E-state index >= 15 is 0 Å². The number of likely N-dealkylation sites (tertiary alicyclic amines) is 1. The molecule has 0 radical (unpaired) electrons. The van der Waals surface area contributed by atoms with Crippen LogP contribution in [0.2, 0.25) is 0 Å². The van der Waals surface area contributed by atoms with Crippen molar-refractivity contribution in [2.75, 3.05) is 6.54 Å². The van der Waals surface area contributed by atoms with Crippen LogP contribution >= 0.6 is 0 Å². The molecule has 2 saturated carbocycles. The van der Waals surface area contributed by atoms with Crippen LogP contribution in [0.15, 0.2) is 0 Å². The number of nitrogens with one attached hydrogen (secondary N) is 3. The van der Waals surface area contributed by atoms with Crippen LogP contribution in [0.25, 0.3) is 0 Å². The summed E-state index contributed by atoms with van der Waals surface area (Å²) in [6, 6.07) is -4.13.